The molecule has 0 bridgehead atoms. The van der Waals surface area contributed by atoms with Gasteiger partial charge in [0.2, 0.25) is 10.0 Å². The molecule has 6 heteroatoms. The van der Waals surface area contributed by atoms with Gasteiger partial charge in [0.25, 0.3) is 0 Å². The van der Waals surface area contributed by atoms with Crippen molar-refractivity contribution >= 4 is 15.8 Å². The first-order valence-electron chi connectivity index (χ1n) is 7.07. The number of aromatic nitrogens is 1. The first kappa shape index (κ1) is 15.3. The maximum Gasteiger partial charge on any atom is 0.211 e. The zero-order chi connectivity index (χ0) is 14.8. The van der Waals surface area contributed by atoms with Crippen LogP contribution < -0.4 is 4.90 Å². The summed E-state index contributed by atoms with van der Waals surface area (Å²) in [5, 5.41) is 0. The Hall–Kier alpha value is -1.14. The largest absolute Gasteiger partial charge is 0.356 e. The Labute approximate surface area is 121 Å². The number of pyridine rings is 1. The molecule has 0 spiro atoms. The summed E-state index contributed by atoms with van der Waals surface area (Å²) < 4.78 is 25.1. The van der Waals surface area contributed by atoms with Gasteiger partial charge in [-0.25, -0.2) is 13.4 Å². The van der Waals surface area contributed by atoms with Crippen LogP contribution in [0.15, 0.2) is 18.2 Å². The molecule has 1 aromatic rings. The SMILES string of the molecule is CCN(C1CCN(c2cccc(C)n2)CC1)S(C)(=O)=O. The fourth-order valence-corrected chi connectivity index (χ4v) is 4.07. The first-order chi connectivity index (χ1) is 9.41. The molecule has 2 heterocycles. The molecule has 0 aliphatic carbocycles. The molecule has 0 amide bonds. The van der Waals surface area contributed by atoms with Gasteiger partial charge in [0, 0.05) is 31.4 Å². The molecule has 2 rings (SSSR count). The maximum atomic E-state index is 11.8. The molecule has 0 N–H and O–H groups in total. The molecule has 1 aromatic heterocycles. The highest BCUT2D eigenvalue weighted by atomic mass is 32.2. The lowest BCUT2D eigenvalue weighted by Crippen LogP contribution is -2.47. The molecule has 5 nitrogen and oxygen atoms in total. The second-order valence-electron chi connectivity index (χ2n) is 5.32. The molecule has 0 atom stereocenters. The second-order valence-corrected chi connectivity index (χ2v) is 7.26. The lowest BCUT2D eigenvalue weighted by Gasteiger charge is -2.37. The summed E-state index contributed by atoms with van der Waals surface area (Å²) in [6.07, 6.45) is 3.01. The lowest BCUT2D eigenvalue weighted by molar-refractivity contribution is 0.285. The van der Waals surface area contributed by atoms with E-state index in [2.05, 4.69) is 9.88 Å². The van der Waals surface area contributed by atoms with Crippen LogP contribution in [-0.4, -0.2) is 49.6 Å². The number of aryl methyl sites for hydroxylation is 1. The summed E-state index contributed by atoms with van der Waals surface area (Å²) in [4.78, 5) is 6.77. The Morgan fingerprint density at radius 2 is 2.00 bits per heavy atom. The van der Waals surface area contributed by atoms with Gasteiger partial charge >= 0.3 is 0 Å². The predicted molar refractivity (Wildman–Crippen MR) is 81.4 cm³/mol. The highest BCUT2D eigenvalue weighted by Gasteiger charge is 2.29. The molecular weight excluding hydrogens is 274 g/mol. The molecular formula is C14H23N3O2S. The van der Waals surface area contributed by atoms with Crippen molar-refractivity contribution in [3.8, 4) is 0 Å². The van der Waals surface area contributed by atoms with Crippen LogP contribution in [-0.2, 0) is 10.0 Å². The smallest absolute Gasteiger partial charge is 0.211 e. The van der Waals surface area contributed by atoms with Crippen LogP contribution in [0.5, 0.6) is 0 Å². The van der Waals surface area contributed by atoms with Crippen molar-refractivity contribution in [2.75, 3.05) is 30.8 Å². The van der Waals surface area contributed by atoms with Gasteiger partial charge < -0.3 is 4.90 Å². The monoisotopic (exact) mass is 297 g/mol. The Kier molecular flexibility index (Phi) is 4.65. The number of hydrogen-bond acceptors (Lipinski definition) is 4. The topological polar surface area (TPSA) is 53.5 Å². The molecule has 20 heavy (non-hydrogen) atoms. The molecule has 1 fully saturated rings. The quantitative estimate of drug-likeness (QED) is 0.848. The average Bonchev–Trinajstić information content (AvgIpc) is 2.38. The zero-order valence-electron chi connectivity index (χ0n) is 12.4. The van der Waals surface area contributed by atoms with Crippen molar-refractivity contribution in [1.82, 2.24) is 9.29 Å². The second kappa shape index (κ2) is 6.10. The van der Waals surface area contributed by atoms with Gasteiger partial charge in [0.15, 0.2) is 0 Å². The summed E-state index contributed by atoms with van der Waals surface area (Å²) in [7, 11) is -3.10. The lowest BCUT2D eigenvalue weighted by atomic mass is 10.1. The van der Waals surface area contributed by atoms with Crippen LogP contribution >= 0.6 is 0 Å². The number of sulfonamides is 1. The van der Waals surface area contributed by atoms with E-state index >= 15 is 0 Å². The number of rotatable bonds is 4. The van der Waals surface area contributed by atoms with Crippen molar-refractivity contribution in [1.29, 1.82) is 0 Å². The highest BCUT2D eigenvalue weighted by molar-refractivity contribution is 7.88. The maximum absolute atomic E-state index is 11.8. The first-order valence-corrected chi connectivity index (χ1v) is 8.92. The Morgan fingerprint density at radius 3 is 2.50 bits per heavy atom. The van der Waals surface area contributed by atoms with E-state index < -0.39 is 10.0 Å². The van der Waals surface area contributed by atoms with E-state index in [4.69, 9.17) is 0 Å². The number of hydrogen-bond donors (Lipinski definition) is 0. The Bertz CT molecular complexity index is 551. The summed E-state index contributed by atoms with van der Waals surface area (Å²) in [6.45, 7) is 6.14. The van der Waals surface area contributed by atoms with E-state index in [9.17, 15) is 8.42 Å². The van der Waals surface area contributed by atoms with Crippen molar-refractivity contribution in [3.05, 3.63) is 23.9 Å². The molecule has 0 saturated carbocycles. The van der Waals surface area contributed by atoms with Crippen molar-refractivity contribution in [2.24, 2.45) is 0 Å². The number of anilines is 1. The van der Waals surface area contributed by atoms with E-state index in [1.54, 1.807) is 4.31 Å². The fraction of sp³-hybridized carbons (Fsp3) is 0.643. The summed E-state index contributed by atoms with van der Waals surface area (Å²) >= 11 is 0. The molecule has 0 unspecified atom stereocenters. The molecule has 1 aliphatic rings. The summed E-state index contributed by atoms with van der Waals surface area (Å²) in [6, 6.07) is 6.13. The van der Waals surface area contributed by atoms with E-state index in [0.717, 1.165) is 37.4 Å². The Balaban J connectivity index is 2.02. The third-order valence-corrected chi connectivity index (χ3v) is 5.22. The van der Waals surface area contributed by atoms with Crippen LogP contribution in [0, 0.1) is 6.92 Å². The van der Waals surface area contributed by atoms with Crippen molar-refractivity contribution < 1.29 is 8.42 Å². The van der Waals surface area contributed by atoms with Crippen LogP contribution in [0.1, 0.15) is 25.5 Å². The Morgan fingerprint density at radius 1 is 1.35 bits per heavy atom. The average molecular weight is 297 g/mol. The van der Waals surface area contributed by atoms with E-state index in [-0.39, 0.29) is 6.04 Å². The van der Waals surface area contributed by atoms with Crippen LogP contribution in [0.25, 0.3) is 0 Å². The summed E-state index contributed by atoms with van der Waals surface area (Å²) in [5.74, 6) is 0.992. The van der Waals surface area contributed by atoms with Gasteiger partial charge in [-0.05, 0) is 31.9 Å². The van der Waals surface area contributed by atoms with Gasteiger partial charge in [-0.1, -0.05) is 13.0 Å². The van der Waals surface area contributed by atoms with Gasteiger partial charge in [-0.2, -0.15) is 4.31 Å². The minimum atomic E-state index is -3.10. The molecule has 112 valence electrons. The normalized spacial score (nSPS) is 17.7. The standard InChI is InChI=1S/C14H23N3O2S/c1-4-17(20(3,18)19)13-8-10-16(11-9-13)14-7-5-6-12(2)15-14/h5-7,13H,4,8-11H2,1-3H3. The van der Waals surface area contributed by atoms with Gasteiger partial charge in [-0.3, -0.25) is 0 Å². The number of piperidine rings is 1. The van der Waals surface area contributed by atoms with Crippen LogP contribution in [0.4, 0.5) is 5.82 Å². The third kappa shape index (κ3) is 3.49. The molecule has 1 aliphatic heterocycles. The van der Waals surface area contributed by atoms with Gasteiger partial charge in [0.05, 0.1) is 6.26 Å². The van der Waals surface area contributed by atoms with Crippen molar-refractivity contribution in [2.45, 2.75) is 32.7 Å². The third-order valence-electron chi connectivity index (χ3n) is 3.81. The highest BCUT2D eigenvalue weighted by Crippen LogP contribution is 2.22. The van der Waals surface area contributed by atoms with Gasteiger partial charge in [0.1, 0.15) is 5.82 Å². The van der Waals surface area contributed by atoms with E-state index in [1.807, 2.05) is 32.0 Å². The minimum Gasteiger partial charge on any atom is -0.356 e. The predicted octanol–water partition coefficient (Wildman–Crippen LogP) is 1.64. The molecule has 0 radical (unpaired) electrons. The number of nitrogens with zero attached hydrogens (tertiary/aromatic N) is 3. The summed E-state index contributed by atoms with van der Waals surface area (Å²) in [5.41, 5.74) is 1.01. The van der Waals surface area contributed by atoms with Gasteiger partial charge in [-0.15, -0.1) is 0 Å². The van der Waals surface area contributed by atoms with Crippen molar-refractivity contribution in [3.63, 3.8) is 0 Å². The fourth-order valence-electron chi connectivity index (χ4n) is 2.85. The zero-order valence-corrected chi connectivity index (χ0v) is 13.2. The molecule has 1 saturated heterocycles. The van der Waals surface area contributed by atoms with E-state index in [0.29, 0.717) is 6.54 Å². The minimum absolute atomic E-state index is 0.121. The van der Waals surface area contributed by atoms with Crippen LogP contribution in [0.3, 0.4) is 0 Å². The van der Waals surface area contributed by atoms with E-state index in [1.165, 1.54) is 6.26 Å². The molecule has 0 aromatic carbocycles. The van der Waals surface area contributed by atoms with Crippen LogP contribution in [0.2, 0.25) is 0 Å².